The maximum absolute atomic E-state index is 5.85. The van der Waals surface area contributed by atoms with Gasteiger partial charge in [0, 0.05) is 39.2 Å². The molecule has 9 aromatic carbocycles. The van der Waals surface area contributed by atoms with Crippen LogP contribution < -0.4 is 0 Å². The minimum Gasteiger partial charge on any atom is -0.309 e. The molecule has 1 aliphatic heterocycles. The van der Waals surface area contributed by atoms with Crippen molar-refractivity contribution in [2.45, 2.75) is 18.8 Å². The van der Waals surface area contributed by atoms with Gasteiger partial charge in [-0.25, -0.2) is 0 Å². The second kappa shape index (κ2) is 12.2. The number of hydrogen-bond donors (Lipinski definition) is 0. The van der Waals surface area contributed by atoms with E-state index in [9.17, 15) is 0 Å². The molecule has 2 nitrogen and oxygen atoms in total. The van der Waals surface area contributed by atoms with Crippen LogP contribution in [-0.2, 0) is 12.8 Å². The average Bonchev–Trinajstić information content (AvgIpc) is 3.47. The van der Waals surface area contributed by atoms with E-state index in [2.05, 4.69) is 193 Å². The van der Waals surface area contributed by atoms with Crippen molar-refractivity contribution in [3.63, 3.8) is 0 Å². The first-order chi connectivity index (χ1) is 27.8. The molecule has 56 heavy (non-hydrogen) atoms. The Kier molecular flexibility index (Phi) is 6.85. The van der Waals surface area contributed by atoms with Crippen molar-refractivity contribution >= 4 is 59.8 Å². The van der Waals surface area contributed by atoms with Crippen molar-refractivity contribution < 1.29 is 0 Å². The molecule has 0 fully saturated rings. The zero-order valence-electron chi connectivity index (χ0n) is 30.8. The van der Waals surface area contributed by atoms with Gasteiger partial charge in [0.15, 0.2) is 0 Å². The number of para-hydroxylation sites is 2. The average molecular weight is 713 g/mol. The lowest BCUT2D eigenvalue weighted by Crippen LogP contribution is -2.16. The summed E-state index contributed by atoms with van der Waals surface area (Å²) in [5.74, 6) is 0.0706. The zero-order valence-corrected chi connectivity index (χ0v) is 30.8. The van der Waals surface area contributed by atoms with Gasteiger partial charge in [-0.05, 0) is 103 Å². The molecule has 0 spiro atoms. The molecule has 12 rings (SSSR count). The molecule has 1 aromatic heterocycles. The molecule has 0 radical (unpaired) electrons. The number of aromatic nitrogens is 1. The second-order valence-corrected chi connectivity index (χ2v) is 15.3. The first kappa shape index (κ1) is 31.3. The smallest absolute Gasteiger partial charge is 0.0780 e. The molecule has 0 amide bonds. The van der Waals surface area contributed by atoms with Crippen LogP contribution >= 0.6 is 0 Å². The third kappa shape index (κ3) is 4.60. The summed E-state index contributed by atoms with van der Waals surface area (Å²) in [6.07, 6.45) is 4.14. The second-order valence-electron chi connectivity index (χ2n) is 15.3. The number of fused-ring (bicyclic) bond motifs is 14. The van der Waals surface area contributed by atoms with E-state index in [0.29, 0.717) is 0 Å². The summed E-state index contributed by atoms with van der Waals surface area (Å²) in [6, 6.07) is 67.0. The van der Waals surface area contributed by atoms with E-state index in [1.807, 2.05) is 0 Å². The largest absolute Gasteiger partial charge is 0.309 e. The number of rotatable bonds is 3. The minimum absolute atomic E-state index is 0.0706. The summed E-state index contributed by atoms with van der Waals surface area (Å²) < 4.78 is 2.39. The third-order valence-electron chi connectivity index (χ3n) is 12.4. The Bertz CT molecular complexity index is 3310. The maximum atomic E-state index is 5.85. The van der Waals surface area contributed by atoms with Crippen molar-refractivity contribution in [3.8, 4) is 16.8 Å². The zero-order chi connectivity index (χ0) is 36.7. The molecule has 262 valence electrons. The highest BCUT2D eigenvalue weighted by atomic mass is 15.0. The topological polar surface area (TPSA) is 17.3 Å². The third-order valence-corrected chi connectivity index (χ3v) is 12.4. The first-order valence-electron chi connectivity index (χ1n) is 19.7. The lowest BCUT2D eigenvalue weighted by atomic mass is 9.72. The molecule has 1 aliphatic carbocycles. The van der Waals surface area contributed by atoms with Gasteiger partial charge in [-0.15, -0.1) is 0 Å². The Labute approximate surface area is 325 Å². The van der Waals surface area contributed by atoms with E-state index in [0.717, 1.165) is 35.5 Å². The predicted octanol–water partition coefficient (Wildman–Crippen LogP) is 13.5. The summed E-state index contributed by atoms with van der Waals surface area (Å²) in [6.45, 7) is 0. The number of allylic oxidation sites excluding steroid dienone is 2. The van der Waals surface area contributed by atoms with Gasteiger partial charge in [0.05, 0.1) is 16.7 Å². The molecule has 0 saturated carbocycles. The molecular weight excluding hydrogens is 677 g/mol. The van der Waals surface area contributed by atoms with Crippen LogP contribution in [0.3, 0.4) is 0 Å². The van der Waals surface area contributed by atoms with Gasteiger partial charge in [0.25, 0.3) is 0 Å². The highest BCUT2D eigenvalue weighted by Gasteiger charge is 2.33. The molecule has 1 unspecified atom stereocenters. The fourth-order valence-corrected chi connectivity index (χ4v) is 9.98. The summed E-state index contributed by atoms with van der Waals surface area (Å²) in [4.78, 5) is 5.85. The quantitative estimate of drug-likeness (QED) is 0.162. The number of aliphatic imine (C=N–C) groups is 1. The SMILES string of the molecule is C1=C(C2Cc3c(c4ccccc4c4ccccc34)-c3ccc4ccccc4c32)N=C(c2ccc3c(c2)c2ccccc2n3-c2ccccc2)c2ccccc2C1. The lowest BCUT2D eigenvalue weighted by Gasteiger charge is -2.32. The van der Waals surface area contributed by atoms with Gasteiger partial charge in [-0.1, -0.05) is 158 Å². The van der Waals surface area contributed by atoms with Crippen LogP contribution in [0, 0.1) is 0 Å². The molecule has 2 heterocycles. The van der Waals surface area contributed by atoms with E-state index in [4.69, 9.17) is 4.99 Å². The van der Waals surface area contributed by atoms with E-state index in [1.54, 1.807) is 0 Å². The van der Waals surface area contributed by atoms with E-state index in [1.165, 1.54) is 87.5 Å². The van der Waals surface area contributed by atoms with Gasteiger partial charge in [-0.2, -0.15) is 0 Å². The molecule has 1 atom stereocenters. The Hall–Kier alpha value is -7.03. The standard InChI is InChI=1S/C54H36N2/c1-2-16-37(17-3-1)56-50-25-13-12-23-43(50)46-32-36(28-31-51(46)56)54-39-19-7-5-15-35(39)27-30-49(55-54)48-33-47-42-22-9-8-20-40(42)41-21-10-11-24-44(41)53(47)45-29-26-34-14-4-6-18-38(34)52(45)48/h1-26,28-32,48H,27,33H2. The van der Waals surface area contributed by atoms with Gasteiger partial charge < -0.3 is 4.57 Å². The monoisotopic (exact) mass is 712 g/mol. The summed E-state index contributed by atoms with van der Waals surface area (Å²) in [7, 11) is 0. The van der Waals surface area contributed by atoms with Crippen LogP contribution in [0.5, 0.6) is 0 Å². The van der Waals surface area contributed by atoms with Gasteiger partial charge >= 0.3 is 0 Å². The highest BCUT2D eigenvalue weighted by Crippen LogP contribution is 2.51. The molecular formula is C54H36N2. The highest BCUT2D eigenvalue weighted by molar-refractivity contribution is 6.19. The van der Waals surface area contributed by atoms with Gasteiger partial charge in [0.1, 0.15) is 0 Å². The fraction of sp³-hybridized carbons (Fsp3) is 0.0556. The van der Waals surface area contributed by atoms with Crippen molar-refractivity contribution in [1.29, 1.82) is 0 Å². The molecule has 0 saturated heterocycles. The number of nitrogens with zero attached hydrogens (tertiary/aromatic N) is 2. The van der Waals surface area contributed by atoms with Crippen LogP contribution in [0.25, 0.3) is 70.9 Å². The number of hydrogen-bond acceptors (Lipinski definition) is 1. The summed E-state index contributed by atoms with van der Waals surface area (Å²) in [5, 5.41) is 10.4. The van der Waals surface area contributed by atoms with Crippen molar-refractivity contribution in [2.24, 2.45) is 4.99 Å². The Morgan fingerprint density at radius 3 is 2.00 bits per heavy atom. The van der Waals surface area contributed by atoms with Crippen molar-refractivity contribution in [2.75, 3.05) is 0 Å². The van der Waals surface area contributed by atoms with Gasteiger partial charge in [0.2, 0.25) is 0 Å². The fourth-order valence-electron chi connectivity index (χ4n) is 9.98. The van der Waals surface area contributed by atoms with Crippen LogP contribution in [0.15, 0.2) is 199 Å². The number of benzene rings is 9. The van der Waals surface area contributed by atoms with E-state index >= 15 is 0 Å². The summed E-state index contributed by atoms with van der Waals surface area (Å²) >= 11 is 0. The lowest BCUT2D eigenvalue weighted by molar-refractivity contribution is 0.774. The minimum atomic E-state index is 0.0706. The van der Waals surface area contributed by atoms with Crippen molar-refractivity contribution in [1.82, 2.24) is 4.57 Å². The molecule has 10 aromatic rings. The predicted molar refractivity (Wildman–Crippen MR) is 235 cm³/mol. The van der Waals surface area contributed by atoms with E-state index < -0.39 is 0 Å². The Morgan fingerprint density at radius 2 is 1.14 bits per heavy atom. The van der Waals surface area contributed by atoms with Crippen LogP contribution in [-0.4, -0.2) is 10.3 Å². The molecule has 0 N–H and O–H groups in total. The van der Waals surface area contributed by atoms with Crippen molar-refractivity contribution in [3.05, 3.63) is 222 Å². The van der Waals surface area contributed by atoms with Crippen LogP contribution in [0.2, 0.25) is 0 Å². The van der Waals surface area contributed by atoms with Gasteiger partial charge in [-0.3, -0.25) is 4.99 Å². The molecule has 0 bridgehead atoms. The molecule has 2 aliphatic rings. The van der Waals surface area contributed by atoms with Crippen LogP contribution in [0.4, 0.5) is 0 Å². The van der Waals surface area contributed by atoms with Crippen LogP contribution in [0.1, 0.15) is 33.7 Å². The Morgan fingerprint density at radius 1 is 0.482 bits per heavy atom. The Balaban J connectivity index is 1.11. The molecule has 2 heteroatoms. The normalized spacial score (nSPS) is 15.0. The van der Waals surface area contributed by atoms with E-state index in [-0.39, 0.29) is 5.92 Å². The first-order valence-corrected chi connectivity index (χ1v) is 19.7. The maximum Gasteiger partial charge on any atom is 0.0780 e. The summed E-state index contributed by atoms with van der Waals surface area (Å²) in [5.41, 5.74) is 14.9.